The summed E-state index contributed by atoms with van der Waals surface area (Å²) in [5, 5.41) is 0. The molecule has 0 heteroatoms. The normalized spacial score (nSPS) is 35.4. The monoisotopic (exact) mass is 240 g/mol. The molecule has 1 aliphatic rings. The lowest BCUT2D eigenvalue weighted by Gasteiger charge is -2.30. The minimum absolute atomic E-state index is 0.0336. The van der Waals surface area contributed by atoms with Crippen LogP contribution in [0.2, 0.25) is 0 Å². The molecule has 1 fully saturated rings. The summed E-state index contributed by atoms with van der Waals surface area (Å²) in [7, 11) is 0. The SMILES string of the molecule is [2H]C1CCCC([2H])(CC)C1CCCCCCCCC. The van der Waals surface area contributed by atoms with E-state index in [9.17, 15) is 0 Å². The Bertz CT molecular complexity index is 229. The van der Waals surface area contributed by atoms with Crippen LogP contribution in [0.3, 0.4) is 0 Å². The average molecular weight is 240 g/mol. The third-order valence-electron chi connectivity index (χ3n) is 4.25. The Hall–Kier alpha value is 0. The molecule has 0 aromatic heterocycles. The lowest BCUT2D eigenvalue weighted by atomic mass is 9.75. The molecule has 17 heavy (non-hydrogen) atoms. The van der Waals surface area contributed by atoms with Crippen LogP contribution in [-0.4, -0.2) is 0 Å². The second-order valence-electron chi connectivity index (χ2n) is 5.66. The number of hydrogen-bond donors (Lipinski definition) is 0. The van der Waals surface area contributed by atoms with Crippen LogP contribution in [0.25, 0.3) is 0 Å². The third kappa shape index (κ3) is 6.48. The van der Waals surface area contributed by atoms with Gasteiger partial charge in [-0.3, -0.25) is 0 Å². The van der Waals surface area contributed by atoms with E-state index in [2.05, 4.69) is 13.8 Å². The van der Waals surface area contributed by atoms with Crippen molar-refractivity contribution >= 4 is 0 Å². The highest BCUT2D eigenvalue weighted by molar-refractivity contribution is 4.74. The van der Waals surface area contributed by atoms with E-state index in [1.165, 1.54) is 44.9 Å². The van der Waals surface area contributed by atoms with Crippen LogP contribution < -0.4 is 0 Å². The van der Waals surface area contributed by atoms with E-state index < -0.39 is 0 Å². The molecule has 0 N–H and O–H groups in total. The second kappa shape index (κ2) is 9.97. The zero-order chi connectivity index (χ0) is 14.1. The van der Waals surface area contributed by atoms with Gasteiger partial charge in [-0.15, -0.1) is 0 Å². The van der Waals surface area contributed by atoms with Gasteiger partial charge in [-0.2, -0.15) is 0 Å². The largest absolute Gasteiger partial charge is 0.0654 e. The molecule has 1 aliphatic carbocycles. The standard InChI is InChI=1S/C17H34/c1-3-5-6-7-8-9-10-14-17-15-12-11-13-16(17)4-2/h16-17H,3-15H2,1-2H3/i15D,16D. The molecule has 0 radical (unpaired) electrons. The molecule has 0 spiro atoms. The van der Waals surface area contributed by atoms with Crippen LogP contribution in [0.1, 0.15) is 100 Å². The van der Waals surface area contributed by atoms with Crippen LogP contribution in [0.4, 0.5) is 0 Å². The van der Waals surface area contributed by atoms with Crippen molar-refractivity contribution in [1.29, 1.82) is 0 Å². The van der Waals surface area contributed by atoms with Gasteiger partial charge >= 0.3 is 0 Å². The Balaban J connectivity index is 2.21. The van der Waals surface area contributed by atoms with E-state index >= 15 is 0 Å². The van der Waals surface area contributed by atoms with Gasteiger partial charge in [0, 0.05) is 2.74 Å². The zero-order valence-corrected chi connectivity index (χ0v) is 12.1. The van der Waals surface area contributed by atoms with Gasteiger partial charge in [0.25, 0.3) is 0 Å². The lowest BCUT2D eigenvalue weighted by Crippen LogP contribution is -2.18. The Morgan fingerprint density at radius 1 is 1.00 bits per heavy atom. The minimum Gasteiger partial charge on any atom is -0.0654 e. The van der Waals surface area contributed by atoms with Gasteiger partial charge in [0.15, 0.2) is 0 Å². The predicted molar refractivity (Wildman–Crippen MR) is 78.3 cm³/mol. The molecule has 102 valence electrons. The molecule has 3 atom stereocenters. The molecule has 0 aromatic carbocycles. The number of unbranched alkanes of at least 4 members (excludes halogenated alkanes) is 6. The first-order chi connectivity index (χ1) is 9.14. The summed E-state index contributed by atoms with van der Waals surface area (Å²) >= 11 is 0. The van der Waals surface area contributed by atoms with Gasteiger partial charge in [0.05, 0.1) is 0 Å². The van der Waals surface area contributed by atoms with Crippen molar-refractivity contribution in [2.75, 3.05) is 0 Å². The van der Waals surface area contributed by atoms with Crippen molar-refractivity contribution in [1.82, 2.24) is 0 Å². The maximum atomic E-state index is 8.61. The molecule has 0 aromatic rings. The smallest absolute Gasteiger partial charge is 0.0305 e. The van der Waals surface area contributed by atoms with Crippen molar-refractivity contribution < 1.29 is 2.74 Å². The fourth-order valence-electron chi connectivity index (χ4n) is 3.08. The Morgan fingerprint density at radius 3 is 2.41 bits per heavy atom. The molecule has 0 amide bonds. The minimum atomic E-state index is -0.285. The first-order valence-corrected chi connectivity index (χ1v) is 8.06. The van der Waals surface area contributed by atoms with Gasteiger partial charge in [-0.1, -0.05) is 97.3 Å². The van der Waals surface area contributed by atoms with E-state index in [4.69, 9.17) is 2.74 Å². The molecule has 0 bridgehead atoms. The van der Waals surface area contributed by atoms with E-state index in [0.29, 0.717) is 5.92 Å². The molecule has 0 nitrogen and oxygen atoms in total. The van der Waals surface area contributed by atoms with E-state index in [0.717, 1.165) is 32.1 Å². The Labute approximate surface area is 112 Å². The summed E-state index contributed by atoms with van der Waals surface area (Å²) in [6.45, 7) is 4.40. The van der Waals surface area contributed by atoms with Gasteiger partial charge in [-0.05, 0) is 11.8 Å². The van der Waals surface area contributed by atoms with Crippen molar-refractivity contribution in [2.24, 2.45) is 11.8 Å². The van der Waals surface area contributed by atoms with Crippen molar-refractivity contribution in [3.05, 3.63) is 0 Å². The van der Waals surface area contributed by atoms with E-state index in [1.807, 2.05) is 0 Å². The van der Waals surface area contributed by atoms with Crippen molar-refractivity contribution in [2.45, 2.75) is 97.3 Å². The fraction of sp³-hybridized carbons (Fsp3) is 1.00. The summed E-state index contributed by atoms with van der Waals surface area (Å²) in [5.74, 6) is 0.0502. The first-order valence-electron chi connectivity index (χ1n) is 9.14. The van der Waals surface area contributed by atoms with Gasteiger partial charge in [0.1, 0.15) is 0 Å². The van der Waals surface area contributed by atoms with Crippen LogP contribution >= 0.6 is 0 Å². The van der Waals surface area contributed by atoms with Crippen LogP contribution in [0, 0.1) is 11.8 Å². The number of hydrogen-bond acceptors (Lipinski definition) is 0. The lowest BCUT2D eigenvalue weighted by molar-refractivity contribution is 0.212. The summed E-state index contributed by atoms with van der Waals surface area (Å²) in [6, 6.07) is 0. The quantitative estimate of drug-likeness (QED) is 0.412. The highest BCUT2D eigenvalue weighted by Gasteiger charge is 2.22. The molecule has 3 unspecified atom stereocenters. The predicted octanol–water partition coefficient (Wildman–Crippen LogP) is 6.34. The molecule has 0 heterocycles. The topological polar surface area (TPSA) is 0 Å². The van der Waals surface area contributed by atoms with Gasteiger partial charge in [0.2, 0.25) is 0 Å². The van der Waals surface area contributed by atoms with Crippen LogP contribution in [0.5, 0.6) is 0 Å². The van der Waals surface area contributed by atoms with Crippen LogP contribution in [0.15, 0.2) is 0 Å². The van der Waals surface area contributed by atoms with Gasteiger partial charge < -0.3 is 0 Å². The summed E-state index contributed by atoms with van der Waals surface area (Å²) in [5.41, 5.74) is 0. The third-order valence-corrected chi connectivity index (χ3v) is 4.25. The average Bonchev–Trinajstić information content (AvgIpc) is 2.40. The Morgan fingerprint density at radius 2 is 1.71 bits per heavy atom. The van der Waals surface area contributed by atoms with Crippen molar-refractivity contribution in [3.8, 4) is 0 Å². The summed E-state index contributed by atoms with van der Waals surface area (Å²) in [6.07, 6.45) is 14.6. The summed E-state index contributed by atoms with van der Waals surface area (Å²) in [4.78, 5) is 0. The molecule has 1 saturated carbocycles. The number of rotatable bonds is 9. The maximum absolute atomic E-state index is 8.61. The summed E-state index contributed by atoms with van der Waals surface area (Å²) < 4.78 is 16.8. The van der Waals surface area contributed by atoms with Crippen molar-refractivity contribution in [3.63, 3.8) is 0 Å². The maximum Gasteiger partial charge on any atom is 0.0305 e. The van der Waals surface area contributed by atoms with Crippen LogP contribution in [-0.2, 0) is 0 Å². The van der Waals surface area contributed by atoms with Gasteiger partial charge in [-0.25, -0.2) is 0 Å². The molecule has 0 saturated heterocycles. The van der Waals surface area contributed by atoms with E-state index in [1.54, 1.807) is 0 Å². The molecule has 0 aliphatic heterocycles. The fourth-order valence-corrected chi connectivity index (χ4v) is 3.08. The molecular formula is C17H34. The van der Waals surface area contributed by atoms with E-state index in [-0.39, 0.29) is 12.3 Å². The first kappa shape index (κ1) is 12.1. The zero-order valence-electron chi connectivity index (χ0n) is 14.1. The highest BCUT2D eigenvalue weighted by atomic mass is 14.3. The Kier molecular flexibility index (Phi) is 7.07. The molecular weight excluding hydrogens is 204 g/mol. The molecule has 1 rings (SSSR count). The highest BCUT2D eigenvalue weighted by Crippen LogP contribution is 2.35. The second-order valence-corrected chi connectivity index (χ2v) is 5.66.